The number of para-hydroxylation sites is 1. The Morgan fingerprint density at radius 3 is 2.81 bits per heavy atom. The summed E-state index contributed by atoms with van der Waals surface area (Å²) < 4.78 is 0. The number of rotatable bonds is 2. The number of nitrogens with one attached hydrogen (secondary N) is 1. The Morgan fingerprint density at radius 1 is 1.50 bits per heavy atom. The van der Waals surface area contributed by atoms with Crippen molar-refractivity contribution in [2.45, 2.75) is 12.0 Å². The molecule has 1 saturated heterocycles. The fourth-order valence-electron chi connectivity index (χ4n) is 2.04. The second-order valence-electron chi connectivity index (χ2n) is 4.29. The van der Waals surface area contributed by atoms with E-state index in [-0.39, 0.29) is 0 Å². The second kappa shape index (κ2) is 4.32. The number of nitriles is 1. The van der Waals surface area contributed by atoms with Gasteiger partial charge in [-0.3, -0.25) is 0 Å². The highest BCUT2D eigenvalue weighted by molar-refractivity contribution is 6.33. The van der Waals surface area contributed by atoms with E-state index < -0.39 is 5.54 Å². The Balaban J connectivity index is 2.21. The van der Waals surface area contributed by atoms with Crippen LogP contribution in [0.5, 0.6) is 0 Å². The van der Waals surface area contributed by atoms with E-state index in [2.05, 4.69) is 16.3 Å². The molecule has 2 rings (SSSR count). The lowest BCUT2D eigenvalue weighted by atomic mass is 10.0. The van der Waals surface area contributed by atoms with Crippen molar-refractivity contribution >= 4 is 17.3 Å². The minimum Gasteiger partial charge on any atom is -0.365 e. The number of likely N-dealkylation sites (N-methyl/N-ethyl adjacent to an activating group) is 1. The third-order valence-electron chi connectivity index (χ3n) is 2.92. The molecule has 1 atom stereocenters. The van der Waals surface area contributed by atoms with Crippen molar-refractivity contribution in [3.05, 3.63) is 29.3 Å². The highest BCUT2D eigenvalue weighted by Crippen LogP contribution is 2.28. The molecule has 1 aromatic rings. The van der Waals surface area contributed by atoms with Crippen LogP contribution in [-0.2, 0) is 0 Å². The minimum absolute atomic E-state index is 0.500. The van der Waals surface area contributed by atoms with Crippen LogP contribution in [0.2, 0.25) is 5.02 Å². The SMILES string of the molecule is CN1CCC(C#N)(Nc2ccccc2Cl)C1. The fraction of sp³-hybridized carbons (Fsp3) is 0.417. The topological polar surface area (TPSA) is 39.1 Å². The van der Waals surface area contributed by atoms with E-state index in [1.165, 1.54) is 0 Å². The molecule has 0 aliphatic carbocycles. The van der Waals surface area contributed by atoms with Gasteiger partial charge in [0.1, 0.15) is 5.54 Å². The highest BCUT2D eigenvalue weighted by atomic mass is 35.5. The van der Waals surface area contributed by atoms with Crippen LogP contribution in [0.4, 0.5) is 5.69 Å². The van der Waals surface area contributed by atoms with Gasteiger partial charge in [-0.05, 0) is 25.6 Å². The third kappa shape index (κ3) is 2.13. The Labute approximate surface area is 101 Å². The summed E-state index contributed by atoms with van der Waals surface area (Å²) in [5.41, 5.74) is 0.334. The van der Waals surface area contributed by atoms with E-state index in [0.29, 0.717) is 5.02 Å². The van der Waals surface area contributed by atoms with Crippen LogP contribution in [0.1, 0.15) is 6.42 Å². The van der Waals surface area contributed by atoms with Gasteiger partial charge in [0.2, 0.25) is 0 Å². The van der Waals surface area contributed by atoms with Gasteiger partial charge in [-0.1, -0.05) is 23.7 Å². The molecular weight excluding hydrogens is 222 g/mol. The van der Waals surface area contributed by atoms with E-state index in [4.69, 9.17) is 11.6 Å². The van der Waals surface area contributed by atoms with Crippen molar-refractivity contribution < 1.29 is 0 Å². The van der Waals surface area contributed by atoms with Gasteiger partial charge < -0.3 is 10.2 Å². The summed E-state index contributed by atoms with van der Waals surface area (Å²) in [5.74, 6) is 0. The number of hydrogen-bond acceptors (Lipinski definition) is 3. The summed E-state index contributed by atoms with van der Waals surface area (Å²) in [6.07, 6.45) is 0.825. The van der Waals surface area contributed by atoms with Crippen molar-refractivity contribution in [3.63, 3.8) is 0 Å². The van der Waals surface area contributed by atoms with Crippen molar-refractivity contribution in [2.75, 3.05) is 25.5 Å². The maximum atomic E-state index is 9.30. The normalized spacial score (nSPS) is 25.3. The van der Waals surface area contributed by atoms with Gasteiger partial charge in [-0.2, -0.15) is 5.26 Å². The maximum absolute atomic E-state index is 9.30. The molecule has 84 valence electrons. The molecule has 0 spiro atoms. The zero-order valence-corrected chi connectivity index (χ0v) is 9.96. The molecular formula is C12H14ClN3. The van der Waals surface area contributed by atoms with Crippen LogP contribution in [0.15, 0.2) is 24.3 Å². The first-order valence-electron chi connectivity index (χ1n) is 5.28. The molecule has 0 saturated carbocycles. The Hall–Kier alpha value is -1.24. The smallest absolute Gasteiger partial charge is 0.139 e. The highest BCUT2D eigenvalue weighted by Gasteiger charge is 2.37. The zero-order chi connectivity index (χ0) is 11.6. The van der Waals surface area contributed by atoms with Crippen molar-refractivity contribution in [3.8, 4) is 6.07 Å². The molecule has 0 bridgehead atoms. The number of nitrogens with zero attached hydrogens (tertiary/aromatic N) is 2. The maximum Gasteiger partial charge on any atom is 0.139 e. The molecule has 1 aromatic carbocycles. The molecule has 0 amide bonds. The van der Waals surface area contributed by atoms with Crippen LogP contribution >= 0.6 is 11.6 Å². The van der Waals surface area contributed by atoms with Gasteiger partial charge in [-0.15, -0.1) is 0 Å². The first kappa shape index (κ1) is 11.3. The van der Waals surface area contributed by atoms with Crippen LogP contribution < -0.4 is 5.32 Å². The van der Waals surface area contributed by atoms with E-state index in [1.807, 2.05) is 31.3 Å². The molecule has 16 heavy (non-hydrogen) atoms. The lowest BCUT2D eigenvalue weighted by Crippen LogP contribution is -2.39. The number of benzene rings is 1. The number of anilines is 1. The number of hydrogen-bond donors (Lipinski definition) is 1. The van der Waals surface area contributed by atoms with Gasteiger partial charge >= 0.3 is 0 Å². The molecule has 1 unspecified atom stereocenters. The third-order valence-corrected chi connectivity index (χ3v) is 3.25. The molecule has 1 fully saturated rings. The molecule has 3 nitrogen and oxygen atoms in total. The van der Waals surface area contributed by atoms with Crippen LogP contribution in [0, 0.1) is 11.3 Å². The van der Waals surface area contributed by atoms with Gasteiger partial charge in [-0.25, -0.2) is 0 Å². The minimum atomic E-state index is -0.500. The van der Waals surface area contributed by atoms with Gasteiger partial charge in [0, 0.05) is 13.1 Å². The van der Waals surface area contributed by atoms with E-state index >= 15 is 0 Å². The van der Waals surface area contributed by atoms with Crippen molar-refractivity contribution in [1.82, 2.24) is 4.90 Å². The van der Waals surface area contributed by atoms with Crippen molar-refractivity contribution in [2.24, 2.45) is 0 Å². The molecule has 0 aromatic heterocycles. The number of halogens is 1. The quantitative estimate of drug-likeness (QED) is 0.855. The van der Waals surface area contributed by atoms with Crippen LogP contribution in [0.25, 0.3) is 0 Å². The molecule has 4 heteroatoms. The monoisotopic (exact) mass is 235 g/mol. The summed E-state index contributed by atoms with van der Waals surface area (Å²) in [4.78, 5) is 2.15. The van der Waals surface area contributed by atoms with Gasteiger partial charge in [0.05, 0.1) is 16.8 Å². The standard InChI is InChI=1S/C12H14ClN3/c1-16-7-6-12(8-14,9-16)15-11-5-3-2-4-10(11)13/h2-5,15H,6-7,9H2,1H3. The predicted octanol–water partition coefficient (Wildman–Crippen LogP) is 2.35. The summed E-state index contributed by atoms with van der Waals surface area (Å²) in [6.45, 7) is 1.67. The number of likely N-dealkylation sites (tertiary alicyclic amines) is 1. The Kier molecular flexibility index (Phi) is 3.04. The van der Waals surface area contributed by atoms with Gasteiger partial charge in [0.25, 0.3) is 0 Å². The lowest BCUT2D eigenvalue weighted by molar-refractivity contribution is 0.403. The molecule has 1 heterocycles. The zero-order valence-electron chi connectivity index (χ0n) is 9.20. The van der Waals surface area contributed by atoms with Crippen LogP contribution in [0.3, 0.4) is 0 Å². The van der Waals surface area contributed by atoms with Crippen LogP contribution in [-0.4, -0.2) is 30.6 Å². The lowest BCUT2D eigenvalue weighted by Gasteiger charge is -2.24. The summed E-state index contributed by atoms with van der Waals surface area (Å²) in [6, 6.07) is 9.90. The second-order valence-corrected chi connectivity index (χ2v) is 4.69. The Morgan fingerprint density at radius 2 is 2.25 bits per heavy atom. The summed E-state index contributed by atoms with van der Waals surface area (Å²) in [5, 5.41) is 13.2. The van der Waals surface area contributed by atoms with E-state index in [1.54, 1.807) is 0 Å². The summed E-state index contributed by atoms with van der Waals surface area (Å²) >= 11 is 6.07. The Bertz CT molecular complexity index is 427. The van der Waals surface area contributed by atoms with E-state index in [0.717, 1.165) is 25.2 Å². The average molecular weight is 236 g/mol. The average Bonchev–Trinajstić information content (AvgIpc) is 2.65. The van der Waals surface area contributed by atoms with Gasteiger partial charge in [0.15, 0.2) is 0 Å². The molecule has 1 N–H and O–H groups in total. The first-order chi connectivity index (χ1) is 7.65. The van der Waals surface area contributed by atoms with E-state index in [9.17, 15) is 5.26 Å². The first-order valence-corrected chi connectivity index (χ1v) is 5.65. The summed E-state index contributed by atoms with van der Waals surface area (Å²) in [7, 11) is 2.02. The fourth-order valence-corrected chi connectivity index (χ4v) is 2.23. The molecule has 1 aliphatic rings. The molecule has 1 aliphatic heterocycles. The molecule has 0 radical (unpaired) electrons. The largest absolute Gasteiger partial charge is 0.365 e. The van der Waals surface area contributed by atoms with Crippen molar-refractivity contribution in [1.29, 1.82) is 5.26 Å². The predicted molar refractivity (Wildman–Crippen MR) is 65.5 cm³/mol.